The van der Waals surface area contributed by atoms with Crippen molar-refractivity contribution < 1.29 is 8.78 Å². The Kier molecular flexibility index (Phi) is 3.76. The first-order chi connectivity index (χ1) is 8.11. The zero-order chi connectivity index (χ0) is 12.4. The zero-order valence-corrected chi connectivity index (χ0v) is 10.5. The lowest BCUT2D eigenvalue weighted by Gasteiger charge is -2.21. The van der Waals surface area contributed by atoms with Gasteiger partial charge < -0.3 is 11.1 Å². The van der Waals surface area contributed by atoms with Crippen molar-refractivity contribution in [1.29, 1.82) is 0 Å². The largest absolute Gasteiger partial charge is 0.399 e. The summed E-state index contributed by atoms with van der Waals surface area (Å²) in [7, 11) is 0. The Labute approximate surface area is 104 Å². The maximum atomic E-state index is 13.6. The molecule has 0 bridgehead atoms. The van der Waals surface area contributed by atoms with Crippen molar-refractivity contribution in [1.82, 2.24) is 0 Å². The van der Waals surface area contributed by atoms with Crippen molar-refractivity contribution in [3.8, 4) is 0 Å². The van der Waals surface area contributed by atoms with Crippen molar-refractivity contribution in [3.05, 3.63) is 23.8 Å². The van der Waals surface area contributed by atoms with Crippen LogP contribution < -0.4 is 11.1 Å². The van der Waals surface area contributed by atoms with Gasteiger partial charge in [0.05, 0.1) is 0 Å². The van der Waals surface area contributed by atoms with Gasteiger partial charge in [-0.1, -0.05) is 6.42 Å². The van der Waals surface area contributed by atoms with Crippen molar-refractivity contribution in [3.63, 3.8) is 0 Å². The molecular weight excluding hydrogens is 242 g/mol. The van der Waals surface area contributed by atoms with Crippen LogP contribution >= 0.6 is 11.8 Å². The van der Waals surface area contributed by atoms with Crippen molar-refractivity contribution in [2.24, 2.45) is 0 Å². The molecule has 0 aromatic heterocycles. The van der Waals surface area contributed by atoms with E-state index >= 15 is 0 Å². The molecular formula is C12H16F2N2S. The number of nitrogens with two attached hydrogens (primary N) is 1. The predicted molar refractivity (Wildman–Crippen MR) is 69.3 cm³/mol. The SMILES string of the molecule is CSC1CCCC1Nc1c(F)cc(N)cc1F. The Balaban J connectivity index is 2.18. The molecule has 1 aliphatic rings. The second-order valence-corrected chi connectivity index (χ2v) is 5.39. The summed E-state index contributed by atoms with van der Waals surface area (Å²) in [5, 5.41) is 3.40. The van der Waals surface area contributed by atoms with E-state index in [0.717, 1.165) is 31.4 Å². The molecule has 1 fully saturated rings. The van der Waals surface area contributed by atoms with Crippen LogP contribution in [0.2, 0.25) is 0 Å². The summed E-state index contributed by atoms with van der Waals surface area (Å²) in [6, 6.07) is 2.43. The molecule has 94 valence electrons. The number of halogens is 2. The number of hydrogen-bond donors (Lipinski definition) is 2. The molecule has 0 spiro atoms. The van der Waals surface area contributed by atoms with Gasteiger partial charge in [-0.05, 0) is 31.2 Å². The molecule has 1 aliphatic carbocycles. The fraction of sp³-hybridized carbons (Fsp3) is 0.500. The predicted octanol–water partition coefficient (Wildman–Crippen LogP) is 3.24. The molecule has 0 heterocycles. The van der Waals surface area contributed by atoms with Gasteiger partial charge in [0.15, 0.2) is 11.6 Å². The molecule has 0 aliphatic heterocycles. The molecule has 2 unspecified atom stereocenters. The molecule has 0 amide bonds. The minimum absolute atomic E-state index is 0.0508. The van der Waals surface area contributed by atoms with Crippen LogP contribution in [0.4, 0.5) is 20.2 Å². The van der Waals surface area contributed by atoms with Crippen LogP contribution in [-0.4, -0.2) is 17.5 Å². The topological polar surface area (TPSA) is 38.0 Å². The fourth-order valence-electron chi connectivity index (χ4n) is 2.29. The molecule has 2 rings (SSSR count). The normalized spacial score (nSPS) is 23.9. The maximum absolute atomic E-state index is 13.6. The van der Waals surface area contributed by atoms with Crippen LogP contribution in [0, 0.1) is 11.6 Å². The van der Waals surface area contributed by atoms with Gasteiger partial charge in [0.1, 0.15) is 5.69 Å². The highest BCUT2D eigenvalue weighted by molar-refractivity contribution is 7.99. The highest BCUT2D eigenvalue weighted by atomic mass is 32.2. The molecule has 3 N–H and O–H groups in total. The fourth-order valence-corrected chi connectivity index (χ4v) is 3.22. The van der Waals surface area contributed by atoms with Crippen LogP contribution in [0.5, 0.6) is 0 Å². The lowest BCUT2D eigenvalue weighted by molar-refractivity contribution is 0.583. The summed E-state index contributed by atoms with van der Waals surface area (Å²) in [6.45, 7) is 0. The summed E-state index contributed by atoms with van der Waals surface area (Å²) in [6.07, 6.45) is 5.17. The third-order valence-corrected chi connectivity index (χ3v) is 4.32. The second-order valence-electron chi connectivity index (χ2n) is 4.32. The van der Waals surface area contributed by atoms with Crippen LogP contribution in [0.15, 0.2) is 12.1 Å². The molecule has 0 radical (unpaired) electrons. The van der Waals surface area contributed by atoms with Crippen molar-refractivity contribution in [2.45, 2.75) is 30.6 Å². The summed E-state index contributed by atoms with van der Waals surface area (Å²) in [4.78, 5) is 0. The van der Waals surface area contributed by atoms with E-state index in [1.54, 1.807) is 11.8 Å². The van der Waals surface area contributed by atoms with Gasteiger partial charge in [0, 0.05) is 17.0 Å². The molecule has 2 atom stereocenters. The van der Waals surface area contributed by atoms with E-state index in [0.29, 0.717) is 5.25 Å². The first-order valence-electron chi connectivity index (χ1n) is 5.65. The van der Waals surface area contributed by atoms with E-state index < -0.39 is 11.6 Å². The zero-order valence-electron chi connectivity index (χ0n) is 9.67. The van der Waals surface area contributed by atoms with Crippen LogP contribution in [0.3, 0.4) is 0 Å². The summed E-state index contributed by atoms with van der Waals surface area (Å²) >= 11 is 1.74. The molecule has 1 aromatic rings. The van der Waals surface area contributed by atoms with E-state index in [9.17, 15) is 8.78 Å². The number of nitrogen functional groups attached to an aromatic ring is 1. The lowest BCUT2D eigenvalue weighted by atomic mass is 10.2. The van der Waals surface area contributed by atoms with Crippen LogP contribution in [0.25, 0.3) is 0 Å². The number of thioether (sulfide) groups is 1. The number of anilines is 2. The van der Waals surface area contributed by atoms with E-state index in [2.05, 4.69) is 5.32 Å². The van der Waals surface area contributed by atoms with Gasteiger partial charge in [0.2, 0.25) is 0 Å². The highest BCUT2D eigenvalue weighted by Gasteiger charge is 2.27. The van der Waals surface area contributed by atoms with E-state index in [-0.39, 0.29) is 17.4 Å². The minimum Gasteiger partial charge on any atom is -0.399 e. The van der Waals surface area contributed by atoms with Crippen LogP contribution in [-0.2, 0) is 0 Å². The first-order valence-corrected chi connectivity index (χ1v) is 6.94. The summed E-state index contributed by atoms with van der Waals surface area (Å²) in [5.41, 5.74) is 5.44. The van der Waals surface area contributed by atoms with E-state index in [4.69, 9.17) is 5.73 Å². The molecule has 2 nitrogen and oxygen atoms in total. The third kappa shape index (κ3) is 2.65. The lowest BCUT2D eigenvalue weighted by Crippen LogP contribution is -2.26. The first kappa shape index (κ1) is 12.5. The van der Waals surface area contributed by atoms with E-state index in [1.807, 2.05) is 6.26 Å². The molecule has 0 saturated heterocycles. The standard InChI is InChI=1S/C12H16F2N2S/c1-17-11-4-2-3-10(11)16-12-8(13)5-7(15)6-9(12)14/h5-6,10-11,16H,2-4,15H2,1H3. The third-order valence-electron chi connectivity index (χ3n) is 3.15. The van der Waals surface area contributed by atoms with Gasteiger partial charge in [-0.2, -0.15) is 11.8 Å². The second kappa shape index (κ2) is 5.12. The summed E-state index contributed by atoms with van der Waals surface area (Å²) < 4.78 is 27.2. The van der Waals surface area contributed by atoms with Crippen molar-refractivity contribution in [2.75, 3.05) is 17.3 Å². The number of rotatable bonds is 3. The Morgan fingerprint density at radius 2 is 1.94 bits per heavy atom. The Morgan fingerprint density at radius 1 is 1.29 bits per heavy atom. The summed E-state index contributed by atoms with van der Waals surface area (Å²) in [5.74, 6) is -1.23. The quantitative estimate of drug-likeness (QED) is 0.817. The maximum Gasteiger partial charge on any atom is 0.151 e. The monoisotopic (exact) mass is 258 g/mol. The molecule has 17 heavy (non-hydrogen) atoms. The Morgan fingerprint density at radius 3 is 2.53 bits per heavy atom. The smallest absolute Gasteiger partial charge is 0.151 e. The van der Waals surface area contributed by atoms with Gasteiger partial charge >= 0.3 is 0 Å². The number of hydrogen-bond acceptors (Lipinski definition) is 3. The molecule has 5 heteroatoms. The Hall–Kier alpha value is -0.970. The van der Waals surface area contributed by atoms with Gasteiger partial charge in [-0.15, -0.1) is 0 Å². The van der Waals surface area contributed by atoms with E-state index in [1.165, 1.54) is 0 Å². The number of benzene rings is 1. The average molecular weight is 258 g/mol. The Bertz CT molecular complexity index is 388. The molecule has 1 aromatic carbocycles. The average Bonchev–Trinajstić information content (AvgIpc) is 2.70. The van der Waals surface area contributed by atoms with Gasteiger partial charge in [-0.25, -0.2) is 8.78 Å². The highest BCUT2D eigenvalue weighted by Crippen LogP contribution is 2.32. The molecule has 1 saturated carbocycles. The van der Waals surface area contributed by atoms with Crippen LogP contribution in [0.1, 0.15) is 19.3 Å². The minimum atomic E-state index is -0.616. The van der Waals surface area contributed by atoms with Gasteiger partial charge in [0.25, 0.3) is 0 Å². The van der Waals surface area contributed by atoms with Gasteiger partial charge in [-0.3, -0.25) is 0 Å². The van der Waals surface area contributed by atoms with Crippen molar-refractivity contribution >= 4 is 23.1 Å². The number of nitrogens with one attached hydrogen (secondary N) is 1.